The van der Waals surface area contributed by atoms with Crippen LogP contribution in [0.15, 0.2) is 0 Å². The molecule has 1 amide bonds. The van der Waals surface area contributed by atoms with Gasteiger partial charge in [-0.1, -0.05) is 6.42 Å². The van der Waals surface area contributed by atoms with Gasteiger partial charge in [0.2, 0.25) is 5.91 Å². The summed E-state index contributed by atoms with van der Waals surface area (Å²) in [4.78, 5) is 11.2. The van der Waals surface area contributed by atoms with Gasteiger partial charge in [-0.05, 0) is 25.7 Å². The average Bonchev–Trinajstić information content (AvgIpc) is 2.59. The van der Waals surface area contributed by atoms with E-state index in [0.29, 0.717) is 5.92 Å². The molecule has 4 heteroatoms. The van der Waals surface area contributed by atoms with Crippen molar-refractivity contribution in [2.24, 2.45) is 5.92 Å². The number of hydrogen-bond donors (Lipinski definition) is 3. The maximum Gasteiger partial charge on any atom is 0.236 e. The average molecular weight is 200 g/mol. The Balaban J connectivity index is 2.22. The number of nitrogens with one attached hydrogen (secondary N) is 2. The Morgan fingerprint density at radius 3 is 2.79 bits per heavy atom. The number of likely N-dealkylation sites (N-methyl/N-ethyl adjacent to an activating group) is 1. The number of amides is 1. The van der Waals surface area contributed by atoms with E-state index in [1.54, 1.807) is 7.05 Å². The molecule has 0 heterocycles. The van der Waals surface area contributed by atoms with Gasteiger partial charge in [-0.25, -0.2) is 0 Å². The molecule has 0 aliphatic heterocycles. The first-order chi connectivity index (χ1) is 6.65. The number of carbonyl (C=O) groups is 1. The highest BCUT2D eigenvalue weighted by atomic mass is 16.3. The zero-order valence-corrected chi connectivity index (χ0v) is 8.92. The number of carbonyl (C=O) groups excluding carboxylic acids is 1. The Labute approximate surface area is 85.1 Å². The van der Waals surface area contributed by atoms with Crippen molar-refractivity contribution < 1.29 is 9.90 Å². The van der Waals surface area contributed by atoms with Crippen molar-refractivity contribution in [3.05, 3.63) is 0 Å². The lowest BCUT2D eigenvalue weighted by Gasteiger charge is -2.18. The van der Waals surface area contributed by atoms with Gasteiger partial charge in [0, 0.05) is 13.6 Å². The van der Waals surface area contributed by atoms with E-state index in [9.17, 15) is 9.90 Å². The monoisotopic (exact) mass is 200 g/mol. The zero-order chi connectivity index (χ0) is 10.6. The van der Waals surface area contributed by atoms with Crippen molar-refractivity contribution >= 4 is 5.91 Å². The number of rotatable bonds is 4. The fourth-order valence-electron chi connectivity index (χ4n) is 1.89. The quantitative estimate of drug-likeness (QED) is 0.592. The molecule has 0 aromatic heterocycles. The Morgan fingerprint density at radius 1 is 1.57 bits per heavy atom. The van der Waals surface area contributed by atoms with Crippen LogP contribution in [0.5, 0.6) is 0 Å². The largest absolute Gasteiger partial charge is 0.393 e. The molecule has 0 radical (unpaired) electrons. The molecule has 1 aliphatic carbocycles. The van der Waals surface area contributed by atoms with Gasteiger partial charge in [0.15, 0.2) is 0 Å². The minimum Gasteiger partial charge on any atom is -0.393 e. The minimum absolute atomic E-state index is 0.00233. The summed E-state index contributed by atoms with van der Waals surface area (Å²) in [7, 11) is 1.63. The van der Waals surface area contributed by atoms with Crippen molar-refractivity contribution in [1.82, 2.24) is 10.6 Å². The lowest BCUT2D eigenvalue weighted by Crippen LogP contribution is -2.43. The van der Waals surface area contributed by atoms with E-state index in [1.807, 2.05) is 6.92 Å². The number of hydrogen-bond acceptors (Lipinski definition) is 3. The standard InChI is InChI=1S/C10H20N2O2/c1-7(10(14)11-2)12-6-8-4-3-5-9(8)13/h7-9,12-13H,3-6H2,1-2H3,(H,11,14). The van der Waals surface area contributed by atoms with Crippen LogP contribution in [-0.2, 0) is 4.79 Å². The van der Waals surface area contributed by atoms with Gasteiger partial charge in [-0.3, -0.25) is 4.79 Å². The first kappa shape index (κ1) is 11.5. The van der Waals surface area contributed by atoms with Crippen LogP contribution in [-0.4, -0.2) is 36.8 Å². The van der Waals surface area contributed by atoms with Gasteiger partial charge < -0.3 is 15.7 Å². The highest BCUT2D eigenvalue weighted by Gasteiger charge is 2.25. The SMILES string of the molecule is CNC(=O)C(C)NCC1CCCC1O. The number of aliphatic hydroxyl groups excluding tert-OH is 1. The summed E-state index contributed by atoms with van der Waals surface area (Å²) in [6, 6.07) is -0.173. The number of aliphatic hydroxyl groups is 1. The van der Waals surface area contributed by atoms with Crippen LogP contribution in [0.4, 0.5) is 0 Å². The summed E-state index contributed by atoms with van der Waals surface area (Å²) in [6.07, 6.45) is 2.89. The molecule has 3 N–H and O–H groups in total. The van der Waals surface area contributed by atoms with Gasteiger partial charge in [-0.15, -0.1) is 0 Å². The smallest absolute Gasteiger partial charge is 0.236 e. The molecule has 0 saturated heterocycles. The summed E-state index contributed by atoms with van der Waals surface area (Å²) in [5.74, 6) is 0.319. The predicted molar refractivity (Wildman–Crippen MR) is 54.9 cm³/mol. The second kappa shape index (κ2) is 5.32. The van der Waals surface area contributed by atoms with Crippen molar-refractivity contribution in [2.45, 2.75) is 38.3 Å². The van der Waals surface area contributed by atoms with Crippen LogP contribution < -0.4 is 10.6 Å². The summed E-state index contributed by atoms with van der Waals surface area (Å²) >= 11 is 0. The molecular weight excluding hydrogens is 180 g/mol. The third-order valence-corrected chi connectivity index (χ3v) is 2.94. The van der Waals surface area contributed by atoms with Crippen LogP contribution in [0.3, 0.4) is 0 Å². The summed E-state index contributed by atoms with van der Waals surface area (Å²) in [6.45, 7) is 2.57. The van der Waals surface area contributed by atoms with E-state index >= 15 is 0 Å². The summed E-state index contributed by atoms with van der Waals surface area (Å²) in [5.41, 5.74) is 0. The van der Waals surface area contributed by atoms with Crippen molar-refractivity contribution in [2.75, 3.05) is 13.6 Å². The zero-order valence-electron chi connectivity index (χ0n) is 8.92. The molecule has 0 aromatic carbocycles. The second-order valence-corrected chi connectivity index (χ2v) is 4.00. The molecular formula is C10H20N2O2. The van der Waals surface area contributed by atoms with Gasteiger partial charge in [0.25, 0.3) is 0 Å². The van der Waals surface area contributed by atoms with E-state index in [2.05, 4.69) is 10.6 Å². The maximum atomic E-state index is 11.2. The second-order valence-electron chi connectivity index (χ2n) is 4.00. The highest BCUT2D eigenvalue weighted by molar-refractivity contribution is 5.80. The third kappa shape index (κ3) is 2.96. The maximum absolute atomic E-state index is 11.2. The molecule has 1 aliphatic rings. The Bertz CT molecular complexity index is 197. The summed E-state index contributed by atoms with van der Waals surface area (Å²) in [5, 5.41) is 15.3. The lowest BCUT2D eigenvalue weighted by molar-refractivity contribution is -0.122. The molecule has 0 bridgehead atoms. The lowest BCUT2D eigenvalue weighted by atomic mass is 10.1. The van der Waals surface area contributed by atoms with E-state index < -0.39 is 0 Å². The predicted octanol–water partition coefficient (Wildman–Crippen LogP) is -0.128. The molecule has 3 atom stereocenters. The highest BCUT2D eigenvalue weighted by Crippen LogP contribution is 2.24. The molecule has 3 unspecified atom stereocenters. The van der Waals surface area contributed by atoms with Crippen molar-refractivity contribution in [1.29, 1.82) is 0 Å². The molecule has 1 rings (SSSR count). The Hall–Kier alpha value is -0.610. The first-order valence-electron chi connectivity index (χ1n) is 5.28. The molecule has 14 heavy (non-hydrogen) atoms. The van der Waals surface area contributed by atoms with Crippen LogP contribution in [0.2, 0.25) is 0 Å². The van der Waals surface area contributed by atoms with Gasteiger partial charge in [-0.2, -0.15) is 0 Å². The Kier molecular flexibility index (Phi) is 4.35. The van der Waals surface area contributed by atoms with Crippen LogP contribution in [0, 0.1) is 5.92 Å². The van der Waals surface area contributed by atoms with Gasteiger partial charge in [0.05, 0.1) is 12.1 Å². The van der Waals surface area contributed by atoms with E-state index in [0.717, 1.165) is 25.8 Å². The fraction of sp³-hybridized carbons (Fsp3) is 0.900. The molecule has 4 nitrogen and oxygen atoms in total. The van der Waals surface area contributed by atoms with Crippen molar-refractivity contribution in [3.8, 4) is 0 Å². The molecule has 0 aromatic rings. The van der Waals surface area contributed by atoms with Gasteiger partial charge >= 0.3 is 0 Å². The normalized spacial score (nSPS) is 28.8. The minimum atomic E-state index is -0.181. The Morgan fingerprint density at radius 2 is 2.29 bits per heavy atom. The van der Waals surface area contributed by atoms with Crippen LogP contribution >= 0.6 is 0 Å². The topological polar surface area (TPSA) is 61.4 Å². The van der Waals surface area contributed by atoms with Crippen molar-refractivity contribution in [3.63, 3.8) is 0 Å². The third-order valence-electron chi connectivity index (χ3n) is 2.94. The van der Waals surface area contributed by atoms with E-state index in [1.165, 1.54) is 0 Å². The first-order valence-corrected chi connectivity index (χ1v) is 5.28. The molecule has 1 fully saturated rings. The summed E-state index contributed by atoms with van der Waals surface area (Å²) < 4.78 is 0. The molecule has 1 saturated carbocycles. The van der Waals surface area contributed by atoms with Gasteiger partial charge in [0.1, 0.15) is 0 Å². The fourth-order valence-corrected chi connectivity index (χ4v) is 1.89. The van der Waals surface area contributed by atoms with Crippen LogP contribution in [0.1, 0.15) is 26.2 Å². The van der Waals surface area contributed by atoms with E-state index in [-0.39, 0.29) is 18.1 Å². The van der Waals surface area contributed by atoms with E-state index in [4.69, 9.17) is 0 Å². The molecule has 0 spiro atoms. The van der Waals surface area contributed by atoms with Crippen LogP contribution in [0.25, 0.3) is 0 Å². The molecule has 82 valence electrons.